The molecular weight excluding hydrogens is 263 g/mol. The van der Waals surface area contributed by atoms with Gasteiger partial charge in [-0.2, -0.15) is 0 Å². The minimum atomic E-state index is -0.544. The van der Waals surface area contributed by atoms with Gasteiger partial charge < -0.3 is 10.0 Å². The van der Waals surface area contributed by atoms with Gasteiger partial charge in [0.25, 0.3) is 5.69 Å². The van der Waals surface area contributed by atoms with Crippen molar-refractivity contribution in [2.45, 2.75) is 6.61 Å². The van der Waals surface area contributed by atoms with Crippen LogP contribution in [0, 0.1) is 15.9 Å². The van der Waals surface area contributed by atoms with Gasteiger partial charge in [-0.3, -0.25) is 10.1 Å². The van der Waals surface area contributed by atoms with E-state index in [4.69, 9.17) is 0 Å². The van der Waals surface area contributed by atoms with Crippen LogP contribution in [0.2, 0.25) is 0 Å². The number of anilines is 2. The molecule has 0 aliphatic heterocycles. The Morgan fingerprint density at radius 3 is 2.55 bits per heavy atom. The number of rotatable bonds is 4. The summed E-state index contributed by atoms with van der Waals surface area (Å²) in [4.78, 5) is 12.0. The summed E-state index contributed by atoms with van der Waals surface area (Å²) in [5, 5.41) is 20.0. The lowest BCUT2D eigenvalue weighted by Gasteiger charge is -2.20. The number of benzene rings is 2. The first-order valence-corrected chi connectivity index (χ1v) is 5.90. The van der Waals surface area contributed by atoms with Crippen molar-refractivity contribution in [3.8, 4) is 0 Å². The first-order chi connectivity index (χ1) is 9.52. The molecule has 0 unspecified atom stereocenters. The largest absolute Gasteiger partial charge is 0.391 e. The fraction of sp³-hybridized carbons (Fsp3) is 0.143. The second kappa shape index (κ2) is 5.66. The van der Waals surface area contributed by atoms with E-state index in [2.05, 4.69) is 0 Å². The van der Waals surface area contributed by atoms with Crippen molar-refractivity contribution in [2.75, 3.05) is 11.9 Å². The first kappa shape index (κ1) is 14.0. The quantitative estimate of drug-likeness (QED) is 0.688. The fourth-order valence-corrected chi connectivity index (χ4v) is 1.92. The zero-order chi connectivity index (χ0) is 14.7. The van der Waals surface area contributed by atoms with Gasteiger partial charge in [-0.05, 0) is 30.3 Å². The molecule has 2 rings (SSSR count). The van der Waals surface area contributed by atoms with Crippen LogP contribution in [0.5, 0.6) is 0 Å². The number of hydrogen-bond donors (Lipinski definition) is 1. The summed E-state index contributed by atoms with van der Waals surface area (Å²) in [5.74, 6) is -0.362. The molecule has 0 heterocycles. The monoisotopic (exact) mass is 276 g/mol. The Bertz CT molecular complexity index is 646. The molecule has 20 heavy (non-hydrogen) atoms. The number of aliphatic hydroxyl groups excluding tert-OH is 1. The fourth-order valence-electron chi connectivity index (χ4n) is 1.92. The lowest BCUT2D eigenvalue weighted by molar-refractivity contribution is -0.385. The maximum atomic E-state index is 13.2. The molecule has 2 aromatic rings. The highest BCUT2D eigenvalue weighted by atomic mass is 19.1. The molecule has 1 N–H and O–H groups in total. The zero-order valence-electron chi connectivity index (χ0n) is 10.8. The standard InChI is InChI=1S/C14H13FN2O3/c1-16(12-4-2-3-11(15)8-12)13-5-6-14(17(19)20)10(7-13)9-18/h2-8,18H,9H2,1H3. The van der Waals surface area contributed by atoms with E-state index in [9.17, 15) is 19.6 Å². The predicted molar refractivity (Wildman–Crippen MR) is 73.5 cm³/mol. The van der Waals surface area contributed by atoms with E-state index in [-0.39, 0.29) is 17.1 Å². The Balaban J connectivity index is 2.40. The molecule has 0 aliphatic rings. The molecule has 0 bridgehead atoms. The average molecular weight is 276 g/mol. The smallest absolute Gasteiger partial charge is 0.275 e. The number of nitrogens with zero attached hydrogens (tertiary/aromatic N) is 2. The van der Waals surface area contributed by atoms with Crippen LogP contribution in [0.1, 0.15) is 5.56 Å². The Kier molecular flexibility index (Phi) is 3.95. The predicted octanol–water partition coefficient (Wildman–Crippen LogP) is 2.99. The van der Waals surface area contributed by atoms with Gasteiger partial charge >= 0.3 is 0 Å². The molecule has 0 saturated heterocycles. The van der Waals surface area contributed by atoms with Crippen molar-refractivity contribution >= 4 is 17.1 Å². The minimum absolute atomic E-state index is 0.135. The summed E-state index contributed by atoms with van der Waals surface area (Å²) in [6.07, 6.45) is 0. The Labute approximate surface area is 115 Å². The second-order valence-corrected chi connectivity index (χ2v) is 4.27. The SMILES string of the molecule is CN(c1cccc(F)c1)c1ccc([N+](=O)[O-])c(CO)c1. The Morgan fingerprint density at radius 2 is 1.95 bits per heavy atom. The minimum Gasteiger partial charge on any atom is -0.391 e. The lowest BCUT2D eigenvalue weighted by atomic mass is 10.1. The number of nitro benzene ring substituents is 1. The maximum Gasteiger partial charge on any atom is 0.275 e. The van der Waals surface area contributed by atoms with Crippen molar-refractivity contribution in [1.29, 1.82) is 0 Å². The van der Waals surface area contributed by atoms with Crippen LogP contribution in [-0.2, 0) is 6.61 Å². The van der Waals surface area contributed by atoms with Crippen molar-refractivity contribution in [3.05, 3.63) is 64.0 Å². The third-order valence-electron chi connectivity index (χ3n) is 3.01. The molecule has 0 spiro atoms. The topological polar surface area (TPSA) is 66.6 Å². The van der Waals surface area contributed by atoms with Crippen LogP contribution >= 0.6 is 0 Å². The van der Waals surface area contributed by atoms with Gasteiger partial charge in [0.2, 0.25) is 0 Å². The summed E-state index contributed by atoms with van der Waals surface area (Å²) in [7, 11) is 1.72. The van der Waals surface area contributed by atoms with Gasteiger partial charge in [-0.15, -0.1) is 0 Å². The Morgan fingerprint density at radius 1 is 1.25 bits per heavy atom. The van der Waals surface area contributed by atoms with Crippen molar-refractivity contribution in [2.24, 2.45) is 0 Å². The van der Waals surface area contributed by atoms with E-state index >= 15 is 0 Å². The highest BCUT2D eigenvalue weighted by Crippen LogP contribution is 2.29. The van der Waals surface area contributed by atoms with Crippen molar-refractivity contribution in [1.82, 2.24) is 0 Å². The van der Waals surface area contributed by atoms with E-state index in [1.54, 1.807) is 30.1 Å². The van der Waals surface area contributed by atoms with Crippen LogP contribution in [0.3, 0.4) is 0 Å². The third kappa shape index (κ3) is 2.75. The van der Waals surface area contributed by atoms with E-state index in [0.717, 1.165) is 0 Å². The molecule has 0 radical (unpaired) electrons. The van der Waals surface area contributed by atoms with Gasteiger partial charge in [0.15, 0.2) is 0 Å². The van der Waals surface area contributed by atoms with Crippen LogP contribution < -0.4 is 4.90 Å². The number of nitro groups is 1. The summed E-state index contributed by atoms with van der Waals surface area (Å²) >= 11 is 0. The highest BCUT2D eigenvalue weighted by Gasteiger charge is 2.15. The molecular formula is C14H13FN2O3. The van der Waals surface area contributed by atoms with E-state index in [0.29, 0.717) is 11.4 Å². The summed E-state index contributed by atoms with van der Waals surface area (Å²) in [6, 6.07) is 10.4. The molecule has 0 atom stereocenters. The molecule has 0 fully saturated rings. The lowest BCUT2D eigenvalue weighted by Crippen LogP contribution is -2.10. The van der Waals surface area contributed by atoms with Crippen LogP contribution in [0.4, 0.5) is 21.5 Å². The number of hydrogen-bond acceptors (Lipinski definition) is 4. The first-order valence-electron chi connectivity index (χ1n) is 5.90. The molecule has 2 aromatic carbocycles. The van der Waals surface area contributed by atoms with E-state index < -0.39 is 11.5 Å². The van der Waals surface area contributed by atoms with E-state index in [1.165, 1.54) is 24.3 Å². The number of aliphatic hydroxyl groups is 1. The number of halogens is 1. The van der Waals surface area contributed by atoms with Gasteiger partial charge in [-0.25, -0.2) is 4.39 Å². The molecule has 0 aliphatic carbocycles. The van der Waals surface area contributed by atoms with Gasteiger partial charge in [0, 0.05) is 24.5 Å². The molecule has 6 heteroatoms. The van der Waals surface area contributed by atoms with Gasteiger partial charge in [0.05, 0.1) is 17.1 Å². The molecule has 5 nitrogen and oxygen atoms in total. The normalized spacial score (nSPS) is 10.3. The molecule has 104 valence electrons. The van der Waals surface area contributed by atoms with Crippen LogP contribution in [-0.4, -0.2) is 17.1 Å². The average Bonchev–Trinajstić information content (AvgIpc) is 2.45. The highest BCUT2D eigenvalue weighted by molar-refractivity contribution is 5.65. The molecule has 0 saturated carbocycles. The second-order valence-electron chi connectivity index (χ2n) is 4.27. The molecule has 0 amide bonds. The van der Waals surface area contributed by atoms with Crippen molar-refractivity contribution in [3.63, 3.8) is 0 Å². The van der Waals surface area contributed by atoms with Crippen molar-refractivity contribution < 1.29 is 14.4 Å². The Hall–Kier alpha value is -2.47. The maximum absolute atomic E-state index is 13.2. The zero-order valence-corrected chi connectivity index (χ0v) is 10.8. The summed E-state index contributed by atoms with van der Waals surface area (Å²) in [5.41, 5.74) is 1.33. The van der Waals surface area contributed by atoms with E-state index in [1.807, 2.05) is 0 Å². The van der Waals surface area contributed by atoms with Gasteiger partial charge in [0.1, 0.15) is 5.82 Å². The van der Waals surface area contributed by atoms with Gasteiger partial charge in [-0.1, -0.05) is 6.07 Å². The summed E-state index contributed by atoms with van der Waals surface area (Å²) in [6.45, 7) is -0.429. The third-order valence-corrected chi connectivity index (χ3v) is 3.01. The van der Waals surface area contributed by atoms with Crippen LogP contribution in [0.25, 0.3) is 0 Å². The van der Waals surface area contributed by atoms with Crippen LogP contribution in [0.15, 0.2) is 42.5 Å². The summed E-state index contributed by atoms with van der Waals surface area (Å²) < 4.78 is 13.2. The molecule has 0 aromatic heterocycles.